The topological polar surface area (TPSA) is 23.6 Å². The maximum Gasteiger partial charge on any atom is 0.265 e. The van der Waals surface area contributed by atoms with Gasteiger partial charge in [-0.1, -0.05) is 48.0 Å². The average molecular weight is 289 g/mol. The van der Waals surface area contributed by atoms with Gasteiger partial charge in [-0.2, -0.15) is 0 Å². The highest BCUT2D eigenvalue weighted by molar-refractivity contribution is 6.34. The summed E-state index contributed by atoms with van der Waals surface area (Å²) in [5, 5.41) is 0. The molecule has 20 heavy (non-hydrogen) atoms. The van der Waals surface area contributed by atoms with Crippen LogP contribution >= 0.6 is 11.6 Å². The molecule has 0 aromatic heterocycles. The van der Waals surface area contributed by atoms with Gasteiger partial charge >= 0.3 is 0 Å². The normalized spacial score (nSPS) is 11.8. The van der Waals surface area contributed by atoms with E-state index in [1.165, 1.54) is 0 Å². The van der Waals surface area contributed by atoms with E-state index in [-0.39, 0.29) is 5.91 Å². The van der Waals surface area contributed by atoms with E-state index in [1.807, 2.05) is 67.7 Å². The monoisotopic (exact) mass is 288 g/mol. The zero-order valence-corrected chi connectivity index (χ0v) is 12.3. The van der Waals surface area contributed by atoms with Crippen molar-refractivity contribution in [3.8, 4) is 0 Å². The average Bonchev–Trinajstić information content (AvgIpc) is 2.53. The lowest BCUT2D eigenvalue weighted by atomic mass is 10.2. The van der Waals surface area contributed by atoms with Crippen LogP contribution < -0.4 is 9.80 Å². The minimum absolute atomic E-state index is 0.163. The number of para-hydroxylation sites is 2. The number of carbonyl (C=O) groups excluding carboxylic acids is 1. The number of rotatable bonds is 4. The van der Waals surface area contributed by atoms with Gasteiger partial charge in [-0.15, -0.1) is 0 Å². The molecule has 3 nitrogen and oxygen atoms in total. The van der Waals surface area contributed by atoms with Crippen LogP contribution in [0.5, 0.6) is 0 Å². The third-order valence-corrected chi connectivity index (χ3v) is 3.66. The second kappa shape index (κ2) is 6.44. The molecule has 0 spiro atoms. The van der Waals surface area contributed by atoms with Crippen molar-refractivity contribution in [2.24, 2.45) is 0 Å². The lowest BCUT2D eigenvalue weighted by Gasteiger charge is -2.28. The van der Waals surface area contributed by atoms with E-state index >= 15 is 0 Å². The van der Waals surface area contributed by atoms with E-state index in [1.54, 1.807) is 16.8 Å². The van der Waals surface area contributed by atoms with Gasteiger partial charge < -0.3 is 9.80 Å². The van der Waals surface area contributed by atoms with E-state index in [4.69, 9.17) is 11.6 Å². The molecule has 0 aliphatic heterocycles. The number of carbonyl (C=O) groups is 1. The van der Waals surface area contributed by atoms with Crippen molar-refractivity contribution in [3.63, 3.8) is 0 Å². The van der Waals surface area contributed by atoms with E-state index in [2.05, 4.69) is 0 Å². The lowest BCUT2D eigenvalue weighted by molar-refractivity contribution is -0.117. The first kappa shape index (κ1) is 14.4. The van der Waals surface area contributed by atoms with Crippen LogP contribution in [0, 0.1) is 0 Å². The van der Waals surface area contributed by atoms with E-state index < -0.39 is 5.50 Å². The van der Waals surface area contributed by atoms with Gasteiger partial charge in [0.05, 0.1) is 0 Å². The molecule has 0 fully saturated rings. The predicted molar refractivity (Wildman–Crippen MR) is 84.3 cm³/mol. The minimum Gasteiger partial charge on any atom is -0.351 e. The molecule has 2 aromatic carbocycles. The molecule has 2 rings (SSSR count). The number of benzene rings is 2. The summed E-state index contributed by atoms with van der Waals surface area (Å²) in [5.41, 5.74) is 0.981. The van der Waals surface area contributed by atoms with Crippen molar-refractivity contribution in [1.82, 2.24) is 0 Å². The Balaban J connectivity index is 2.13. The maximum absolute atomic E-state index is 12.4. The molecule has 0 saturated carbocycles. The highest BCUT2D eigenvalue weighted by Gasteiger charge is 2.24. The molecule has 1 amide bonds. The van der Waals surface area contributed by atoms with Gasteiger partial charge in [0.25, 0.3) is 5.91 Å². The molecule has 0 radical (unpaired) electrons. The molecule has 0 heterocycles. The van der Waals surface area contributed by atoms with Crippen molar-refractivity contribution >= 4 is 28.9 Å². The summed E-state index contributed by atoms with van der Waals surface area (Å²) in [5.74, 6) is -0.163. The summed E-state index contributed by atoms with van der Waals surface area (Å²) in [7, 11) is 3.54. The molecule has 104 valence electrons. The highest BCUT2D eigenvalue weighted by atomic mass is 35.5. The van der Waals surface area contributed by atoms with Crippen molar-refractivity contribution in [3.05, 3.63) is 60.7 Å². The Morgan fingerprint density at radius 2 is 1.35 bits per heavy atom. The van der Waals surface area contributed by atoms with Gasteiger partial charge in [0.2, 0.25) is 0 Å². The lowest BCUT2D eigenvalue weighted by Crippen LogP contribution is -2.42. The fourth-order valence-electron chi connectivity index (χ4n) is 1.90. The van der Waals surface area contributed by atoms with Crippen molar-refractivity contribution in [2.75, 3.05) is 23.9 Å². The summed E-state index contributed by atoms with van der Waals surface area (Å²) in [6, 6.07) is 19.1. The predicted octanol–water partition coefficient (Wildman–Crippen LogP) is 3.35. The molecule has 0 N–H and O–H groups in total. The first-order chi connectivity index (χ1) is 9.61. The van der Waals surface area contributed by atoms with E-state index in [0.29, 0.717) is 0 Å². The molecule has 0 aliphatic carbocycles. The summed E-state index contributed by atoms with van der Waals surface area (Å²) < 4.78 is 0. The summed E-state index contributed by atoms with van der Waals surface area (Å²) in [6.45, 7) is 0. The van der Waals surface area contributed by atoms with Gasteiger partial charge in [0.15, 0.2) is 5.50 Å². The molecule has 2 aromatic rings. The Morgan fingerprint density at radius 1 is 0.900 bits per heavy atom. The minimum atomic E-state index is -0.748. The van der Waals surface area contributed by atoms with Crippen LogP contribution in [0.4, 0.5) is 11.4 Å². The second-order valence-corrected chi connectivity index (χ2v) is 4.93. The molecule has 0 aliphatic rings. The third kappa shape index (κ3) is 3.11. The zero-order chi connectivity index (χ0) is 14.5. The summed E-state index contributed by atoms with van der Waals surface area (Å²) in [6.07, 6.45) is 0. The number of hydrogen-bond donors (Lipinski definition) is 0. The molecular weight excluding hydrogens is 272 g/mol. The Kier molecular flexibility index (Phi) is 4.64. The molecule has 0 saturated heterocycles. The zero-order valence-electron chi connectivity index (χ0n) is 11.5. The van der Waals surface area contributed by atoms with Crippen molar-refractivity contribution < 1.29 is 4.79 Å². The smallest absolute Gasteiger partial charge is 0.265 e. The molecular formula is C16H17ClN2O. The van der Waals surface area contributed by atoms with Crippen LogP contribution in [-0.4, -0.2) is 25.5 Å². The number of likely N-dealkylation sites (N-methyl/N-ethyl adjacent to an activating group) is 2. The molecule has 0 bridgehead atoms. The van der Waals surface area contributed by atoms with Gasteiger partial charge in [-0.05, 0) is 24.3 Å². The van der Waals surface area contributed by atoms with Crippen LogP contribution in [0.1, 0.15) is 0 Å². The Hall–Kier alpha value is -2.00. The van der Waals surface area contributed by atoms with Crippen LogP contribution in [-0.2, 0) is 4.79 Å². The standard InChI is InChI=1S/C16H17ClN2O/c1-18(13-9-5-3-6-10-13)15(17)16(20)19(2)14-11-7-4-8-12-14/h3-12,15H,1-2H3/t15-/m1/s1. The number of alkyl halides is 1. The largest absolute Gasteiger partial charge is 0.351 e. The Labute approximate surface area is 124 Å². The van der Waals surface area contributed by atoms with E-state index in [9.17, 15) is 4.79 Å². The Morgan fingerprint density at radius 3 is 1.85 bits per heavy atom. The van der Waals surface area contributed by atoms with Crippen LogP contribution in [0.3, 0.4) is 0 Å². The number of anilines is 2. The van der Waals surface area contributed by atoms with Gasteiger partial charge in [0.1, 0.15) is 0 Å². The first-order valence-corrected chi connectivity index (χ1v) is 6.79. The molecule has 0 unspecified atom stereocenters. The summed E-state index contributed by atoms with van der Waals surface area (Å²) in [4.78, 5) is 15.7. The first-order valence-electron chi connectivity index (χ1n) is 6.36. The fraction of sp³-hybridized carbons (Fsp3) is 0.188. The number of halogens is 1. The third-order valence-electron chi connectivity index (χ3n) is 3.18. The Bertz CT molecular complexity index is 559. The highest BCUT2D eigenvalue weighted by Crippen LogP contribution is 2.20. The van der Waals surface area contributed by atoms with Gasteiger partial charge in [-0.3, -0.25) is 4.79 Å². The maximum atomic E-state index is 12.4. The quantitative estimate of drug-likeness (QED) is 0.636. The number of hydrogen-bond acceptors (Lipinski definition) is 2. The SMILES string of the molecule is CN(C(=O)[C@H](Cl)N(C)c1ccccc1)c1ccccc1. The second-order valence-electron chi connectivity index (χ2n) is 4.52. The fourth-order valence-corrected chi connectivity index (χ4v) is 2.16. The number of nitrogens with zero attached hydrogens (tertiary/aromatic N) is 2. The van der Waals surface area contributed by atoms with Crippen LogP contribution in [0.15, 0.2) is 60.7 Å². The molecule has 1 atom stereocenters. The number of amides is 1. The van der Waals surface area contributed by atoms with Gasteiger partial charge in [-0.25, -0.2) is 0 Å². The molecule has 4 heteroatoms. The van der Waals surface area contributed by atoms with Crippen LogP contribution in [0.25, 0.3) is 0 Å². The summed E-state index contributed by atoms with van der Waals surface area (Å²) >= 11 is 6.30. The van der Waals surface area contributed by atoms with Gasteiger partial charge in [0, 0.05) is 25.5 Å². The van der Waals surface area contributed by atoms with Crippen LogP contribution in [0.2, 0.25) is 0 Å². The van der Waals surface area contributed by atoms with Crippen molar-refractivity contribution in [1.29, 1.82) is 0 Å². The van der Waals surface area contributed by atoms with E-state index in [0.717, 1.165) is 11.4 Å². The van der Waals surface area contributed by atoms with Crippen molar-refractivity contribution in [2.45, 2.75) is 5.50 Å².